The molecule has 0 radical (unpaired) electrons. The quantitative estimate of drug-likeness (QED) is 0.232. The molecule has 38 heavy (non-hydrogen) atoms. The van der Waals surface area contributed by atoms with Gasteiger partial charge in [0.15, 0.2) is 0 Å². The number of rotatable bonds is 4. The lowest BCUT2D eigenvalue weighted by atomic mass is 9.67. The van der Waals surface area contributed by atoms with Crippen molar-refractivity contribution in [2.24, 2.45) is 0 Å². The number of aromatic nitrogens is 1. The van der Waals surface area contributed by atoms with Gasteiger partial charge in [0.1, 0.15) is 0 Å². The summed E-state index contributed by atoms with van der Waals surface area (Å²) >= 11 is 6.61. The van der Waals surface area contributed by atoms with Gasteiger partial charge >= 0.3 is 0 Å². The highest BCUT2D eigenvalue weighted by atomic mass is 35.5. The number of pyridine rings is 1. The van der Waals surface area contributed by atoms with Crippen LogP contribution >= 0.6 is 11.6 Å². The minimum atomic E-state index is -0.470. The van der Waals surface area contributed by atoms with Crippen molar-refractivity contribution in [2.45, 2.75) is 5.41 Å². The molecule has 0 spiro atoms. The molecular formula is C36H24ClN. The summed E-state index contributed by atoms with van der Waals surface area (Å²) in [6, 6.07) is 49.5. The fourth-order valence-corrected chi connectivity index (χ4v) is 6.23. The van der Waals surface area contributed by atoms with Gasteiger partial charge in [0, 0.05) is 16.8 Å². The normalized spacial score (nSPS) is 13.1. The van der Waals surface area contributed by atoms with Crippen molar-refractivity contribution in [3.63, 3.8) is 0 Å². The first kappa shape index (κ1) is 22.7. The van der Waals surface area contributed by atoms with Crippen molar-refractivity contribution in [1.82, 2.24) is 4.98 Å². The Kier molecular flexibility index (Phi) is 5.46. The van der Waals surface area contributed by atoms with E-state index in [1.54, 1.807) is 0 Å². The Morgan fingerprint density at radius 2 is 1.08 bits per heavy atom. The molecule has 0 bridgehead atoms. The lowest BCUT2D eigenvalue weighted by Gasteiger charge is -2.34. The number of hydrogen-bond donors (Lipinski definition) is 0. The van der Waals surface area contributed by atoms with E-state index in [2.05, 4.69) is 120 Å². The van der Waals surface area contributed by atoms with E-state index in [1.807, 2.05) is 30.5 Å². The van der Waals surface area contributed by atoms with Crippen LogP contribution in [-0.2, 0) is 5.41 Å². The van der Waals surface area contributed by atoms with Crippen LogP contribution in [0.4, 0.5) is 0 Å². The molecule has 0 fully saturated rings. The number of nitrogens with zero attached hydrogens (tertiary/aromatic N) is 1. The standard InChI is InChI=1S/C36H24ClN/c37-30-12-8-11-29(24-30)36(33-15-3-1-13-31(33)32-14-2-4-16-34(32)36)28-10-7-9-27(23-28)25-18-20-26(21-19-25)35-17-5-6-22-38-35/h1-24H. The Balaban J connectivity index is 1.44. The van der Waals surface area contributed by atoms with Crippen LogP contribution in [-0.4, -0.2) is 4.98 Å². The third-order valence-electron chi connectivity index (χ3n) is 7.68. The molecule has 7 rings (SSSR count). The molecule has 0 saturated heterocycles. The van der Waals surface area contributed by atoms with Crippen molar-refractivity contribution in [3.05, 3.63) is 173 Å². The number of benzene rings is 5. The first-order chi connectivity index (χ1) is 18.7. The second kappa shape index (κ2) is 9.13. The van der Waals surface area contributed by atoms with E-state index >= 15 is 0 Å². The van der Waals surface area contributed by atoms with Gasteiger partial charge in [0.25, 0.3) is 0 Å². The molecule has 0 saturated carbocycles. The minimum Gasteiger partial charge on any atom is -0.256 e. The molecule has 0 N–H and O–H groups in total. The third-order valence-corrected chi connectivity index (χ3v) is 7.92. The second-order valence-corrected chi connectivity index (χ2v) is 10.2. The van der Waals surface area contributed by atoms with Crippen LogP contribution in [0.25, 0.3) is 33.5 Å². The Labute approximate surface area is 228 Å². The molecule has 1 aliphatic rings. The first-order valence-corrected chi connectivity index (χ1v) is 13.2. The summed E-state index contributed by atoms with van der Waals surface area (Å²) in [4.78, 5) is 4.50. The van der Waals surface area contributed by atoms with Crippen molar-refractivity contribution < 1.29 is 0 Å². The molecule has 1 nitrogen and oxygen atoms in total. The summed E-state index contributed by atoms with van der Waals surface area (Å²) in [6.07, 6.45) is 1.83. The fraction of sp³-hybridized carbons (Fsp3) is 0.0278. The van der Waals surface area contributed by atoms with Crippen molar-refractivity contribution in [2.75, 3.05) is 0 Å². The molecule has 0 atom stereocenters. The molecule has 0 unspecified atom stereocenters. The molecule has 2 heteroatoms. The van der Waals surface area contributed by atoms with Crippen LogP contribution in [0.5, 0.6) is 0 Å². The summed E-state index contributed by atoms with van der Waals surface area (Å²) in [6.45, 7) is 0. The van der Waals surface area contributed by atoms with Crippen LogP contribution < -0.4 is 0 Å². The Bertz CT molecular complexity index is 1720. The minimum absolute atomic E-state index is 0.470. The number of fused-ring (bicyclic) bond motifs is 3. The molecule has 1 heterocycles. The topological polar surface area (TPSA) is 12.9 Å². The third kappa shape index (κ3) is 3.51. The summed E-state index contributed by atoms with van der Waals surface area (Å²) < 4.78 is 0. The van der Waals surface area contributed by atoms with Gasteiger partial charge < -0.3 is 0 Å². The molecule has 1 aliphatic carbocycles. The van der Waals surface area contributed by atoms with Crippen LogP contribution in [0.3, 0.4) is 0 Å². The van der Waals surface area contributed by atoms with E-state index in [0.717, 1.165) is 16.3 Å². The van der Waals surface area contributed by atoms with Crippen LogP contribution in [0, 0.1) is 0 Å². The predicted octanol–water partition coefficient (Wildman–Crippen LogP) is 9.43. The fourth-order valence-electron chi connectivity index (χ4n) is 6.04. The number of halogens is 1. The van der Waals surface area contributed by atoms with Gasteiger partial charge in [-0.15, -0.1) is 0 Å². The van der Waals surface area contributed by atoms with Gasteiger partial charge in [-0.25, -0.2) is 0 Å². The van der Waals surface area contributed by atoms with Gasteiger partial charge in [-0.1, -0.05) is 121 Å². The maximum atomic E-state index is 6.61. The Morgan fingerprint density at radius 1 is 0.474 bits per heavy atom. The zero-order valence-electron chi connectivity index (χ0n) is 20.7. The maximum Gasteiger partial charge on any atom is 0.0714 e. The molecule has 1 aromatic heterocycles. The van der Waals surface area contributed by atoms with Crippen molar-refractivity contribution in [3.8, 4) is 33.5 Å². The van der Waals surface area contributed by atoms with E-state index in [-0.39, 0.29) is 0 Å². The highest BCUT2D eigenvalue weighted by molar-refractivity contribution is 6.30. The zero-order chi connectivity index (χ0) is 25.5. The van der Waals surface area contributed by atoms with Crippen LogP contribution in [0.15, 0.2) is 146 Å². The van der Waals surface area contributed by atoms with Crippen molar-refractivity contribution in [1.29, 1.82) is 0 Å². The highest BCUT2D eigenvalue weighted by Crippen LogP contribution is 2.56. The van der Waals surface area contributed by atoms with Crippen LogP contribution in [0.2, 0.25) is 5.02 Å². The summed E-state index contributed by atoms with van der Waals surface area (Å²) in [5, 5.41) is 0.741. The lowest BCUT2D eigenvalue weighted by Crippen LogP contribution is -2.28. The van der Waals surface area contributed by atoms with E-state index in [9.17, 15) is 0 Å². The smallest absolute Gasteiger partial charge is 0.0714 e. The molecule has 180 valence electrons. The van der Waals surface area contributed by atoms with E-state index in [1.165, 1.54) is 44.5 Å². The van der Waals surface area contributed by atoms with Crippen LogP contribution in [0.1, 0.15) is 22.3 Å². The molecular weight excluding hydrogens is 482 g/mol. The zero-order valence-corrected chi connectivity index (χ0v) is 21.4. The summed E-state index contributed by atoms with van der Waals surface area (Å²) in [5.74, 6) is 0. The molecule has 6 aromatic rings. The van der Waals surface area contributed by atoms with Crippen molar-refractivity contribution >= 4 is 11.6 Å². The number of hydrogen-bond acceptors (Lipinski definition) is 1. The van der Waals surface area contributed by atoms with Gasteiger partial charge in [-0.3, -0.25) is 4.98 Å². The molecule has 5 aromatic carbocycles. The average molecular weight is 506 g/mol. The molecule has 0 aliphatic heterocycles. The Morgan fingerprint density at radius 3 is 1.74 bits per heavy atom. The van der Waals surface area contributed by atoms with Gasteiger partial charge in [-0.05, 0) is 74.8 Å². The van der Waals surface area contributed by atoms with Gasteiger partial charge in [0.05, 0.1) is 11.1 Å². The van der Waals surface area contributed by atoms with E-state index in [0.29, 0.717) is 0 Å². The summed E-state index contributed by atoms with van der Waals surface area (Å²) in [7, 11) is 0. The van der Waals surface area contributed by atoms with E-state index in [4.69, 9.17) is 11.6 Å². The summed E-state index contributed by atoms with van der Waals surface area (Å²) in [5.41, 5.74) is 11.5. The van der Waals surface area contributed by atoms with E-state index < -0.39 is 5.41 Å². The highest BCUT2D eigenvalue weighted by Gasteiger charge is 2.46. The SMILES string of the molecule is Clc1cccc(C2(c3cccc(-c4ccc(-c5ccccn5)cc4)c3)c3ccccc3-c3ccccc32)c1. The predicted molar refractivity (Wildman–Crippen MR) is 157 cm³/mol. The lowest BCUT2D eigenvalue weighted by molar-refractivity contribution is 0.769. The average Bonchev–Trinajstić information content (AvgIpc) is 3.29. The van der Waals surface area contributed by atoms with Gasteiger partial charge in [0.2, 0.25) is 0 Å². The van der Waals surface area contributed by atoms with Gasteiger partial charge in [-0.2, -0.15) is 0 Å². The molecule has 0 amide bonds. The monoisotopic (exact) mass is 505 g/mol. The first-order valence-electron chi connectivity index (χ1n) is 12.8. The Hall–Kier alpha value is -4.46. The second-order valence-electron chi connectivity index (χ2n) is 9.72. The maximum absolute atomic E-state index is 6.61. The largest absolute Gasteiger partial charge is 0.256 e.